The van der Waals surface area contributed by atoms with E-state index < -0.39 is 0 Å². The normalized spacial score (nSPS) is 16.0. The van der Waals surface area contributed by atoms with Crippen molar-refractivity contribution in [3.05, 3.63) is 22.3 Å². The van der Waals surface area contributed by atoms with E-state index >= 15 is 0 Å². The van der Waals surface area contributed by atoms with Crippen LogP contribution >= 0.6 is 0 Å². The third-order valence-corrected chi connectivity index (χ3v) is 3.43. The molecule has 82 valence electrons. The van der Waals surface area contributed by atoms with E-state index in [1.165, 1.54) is 16.7 Å². The van der Waals surface area contributed by atoms with Crippen LogP contribution in [0, 0.1) is 18.3 Å². The zero-order chi connectivity index (χ0) is 11.1. The van der Waals surface area contributed by atoms with E-state index in [-0.39, 0.29) is 0 Å². The fourth-order valence-corrected chi connectivity index (χ4v) is 2.70. The monoisotopic (exact) mass is 215 g/mol. The van der Waals surface area contributed by atoms with Crippen molar-refractivity contribution >= 4 is 0 Å². The third kappa shape index (κ3) is 1.13. The van der Waals surface area contributed by atoms with E-state index in [2.05, 4.69) is 13.0 Å². The van der Waals surface area contributed by atoms with Gasteiger partial charge >= 0.3 is 0 Å². The molecule has 0 radical (unpaired) electrons. The molecule has 0 saturated heterocycles. The average Bonchev–Trinajstić information content (AvgIpc) is 2.92. The summed E-state index contributed by atoms with van der Waals surface area (Å²) in [4.78, 5) is 0. The fourth-order valence-electron chi connectivity index (χ4n) is 2.70. The lowest BCUT2D eigenvalue weighted by molar-refractivity contribution is 0.353. The Kier molecular flexibility index (Phi) is 2.03. The molecule has 1 aromatic rings. The predicted molar refractivity (Wildman–Crippen MR) is 58.9 cm³/mol. The van der Waals surface area contributed by atoms with Gasteiger partial charge in [0.1, 0.15) is 11.5 Å². The topological polar surface area (TPSA) is 42.2 Å². The van der Waals surface area contributed by atoms with Gasteiger partial charge in [-0.15, -0.1) is 0 Å². The van der Waals surface area contributed by atoms with Crippen LogP contribution in [-0.2, 0) is 19.3 Å². The Balaban J connectivity index is 2.28. The molecule has 16 heavy (non-hydrogen) atoms. The summed E-state index contributed by atoms with van der Waals surface area (Å²) in [5, 5.41) is 8.91. The fraction of sp³-hybridized carbons (Fsp3) is 0.462. The third-order valence-electron chi connectivity index (χ3n) is 3.43. The first-order valence-electron chi connectivity index (χ1n) is 5.62. The number of nitrogens with zero attached hydrogens (tertiary/aromatic N) is 1. The maximum absolute atomic E-state index is 8.91. The van der Waals surface area contributed by atoms with E-state index in [1.54, 1.807) is 0 Å². The summed E-state index contributed by atoms with van der Waals surface area (Å²) in [7, 11) is 0. The predicted octanol–water partition coefficient (Wildman–Crippen LogP) is 1.93. The molecule has 0 fully saturated rings. The SMILES string of the molecule is Cc1c2c(c(CC#N)c3c1OCC3)OCC2. The van der Waals surface area contributed by atoms with Gasteiger partial charge in [0.15, 0.2) is 0 Å². The Hall–Kier alpha value is -1.69. The first kappa shape index (κ1) is 9.53. The van der Waals surface area contributed by atoms with Crippen molar-refractivity contribution in [3.63, 3.8) is 0 Å². The van der Waals surface area contributed by atoms with Crippen molar-refractivity contribution < 1.29 is 9.47 Å². The van der Waals surface area contributed by atoms with Gasteiger partial charge in [-0.3, -0.25) is 0 Å². The van der Waals surface area contributed by atoms with Crippen molar-refractivity contribution in [2.24, 2.45) is 0 Å². The minimum absolute atomic E-state index is 0.425. The van der Waals surface area contributed by atoms with Crippen molar-refractivity contribution in [1.82, 2.24) is 0 Å². The summed E-state index contributed by atoms with van der Waals surface area (Å²) in [6.07, 6.45) is 2.27. The summed E-state index contributed by atoms with van der Waals surface area (Å²) in [6.45, 7) is 3.56. The van der Waals surface area contributed by atoms with E-state index in [4.69, 9.17) is 14.7 Å². The number of hydrogen-bond donors (Lipinski definition) is 0. The van der Waals surface area contributed by atoms with Crippen LogP contribution in [0.15, 0.2) is 0 Å². The smallest absolute Gasteiger partial charge is 0.127 e. The number of nitriles is 1. The zero-order valence-electron chi connectivity index (χ0n) is 9.30. The van der Waals surface area contributed by atoms with Gasteiger partial charge in [-0.25, -0.2) is 0 Å². The van der Waals surface area contributed by atoms with Crippen LogP contribution in [0.25, 0.3) is 0 Å². The summed E-state index contributed by atoms with van der Waals surface area (Å²) < 4.78 is 11.4. The molecule has 3 heteroatoms. The Bertz CT molecular complexity index is 465. The molecule has 0 unspecified atom stereocenters. The summed E-state index contributed by atoms with van der Waals surface area (Å²) in [5.41, 5.74) is 4.71. The van der Waals surface area contributed by atoms with Gasteiger partial charge in [-0.05, 0) is 12.5 Å². The van der Waals surface area contributed by atoms with Crippen LogP contribution in [0.5, 0.6) is 11.5 Å². The van der Waals surface area contributed by atoms with Crippen LogP contribution in [0.1, 0.15) is 22.3 Å². The quantitative estimate of drug-likeness (QED) is 0.718. The molecule has 0 aliphatic carbocycles. The van der Waals surface area contributed by atoms with Gasteiger partial charge in [0.2, 0.25) is 0 Å². The standard InChI is InChI=1S/C13H13NO2/c1-8-9-3-6-16-13(9)10(2-5-14)11-4-7-15-12(8)11/h2-4,6-7H2,1H3. The van der Waals surface area contributed by atoms with Crippen LogP contribution < -0.4 is 9.47 Å². The highest BCUT2D eigenvalue weighted by atomic mass is 16.5. The molecule has 3 rings (SSSR count). The Morgan fingerprint density at radius 2 is 1.81 bits per heavy atom. The van der Waals surface area contributed by atoms with E-state index in [1.807, 2.05) is 0 Å². The van der Waals surface area contributed by atoms with Crippen molar-refractivity contribution in [3.8, 4) is 17.6 Å². The Morgan fingerprint density at radius 1 is 1.12 bits per heavy atom. The molecular formula is C13H13NO2. The summed E-state index contributed by atoms with van der Waals surface area (Å²) in [5.74, 6) is 1.97. The lowest BCUT2D eigenvalue weighted by atomic mass is 9.93. The molecular weight excluding hydrogens is 202 g/mol. The first-order valence-corrected chi connectivity index (χ1v) is 5.62. The van der Waals surface area contributed by atoms with Gasteiger partial charge in [-0.1, -0.05) is 0 Å². The van der Waals surface area contributed by atoms with Crippen LogP contribution in [0.2, 0.25) is 0 Å². The van der Waals surface area contributed by atoms with E-state index in [0.29, 0.717) is 6.42 Å². The van der Waals surface area contributed by atoms with Crippen LogP contribution in [0.3, 0.4) is 0 Å². The number of benzene rings is 1. The highest BCUT2D eigenvalue weighted by Gasteiger charge is 2.29. The summed E-state index contributed by atoms with van der Waals surface area (Å²) >= 11 is 0. The highest BCUT2D eigenvalue weighted by molar-refractivity contribution is 5.62. The molecule has 0 aromatic heterocycles. The van der Waals surface area contributed by atoms with Crippen LogP contribution in [0.4, 0.5) is 0 Å². The first-order chi connectivity index (χ1) is 7.83. The number of hydrogen-bond acceptors (Lipinski definition) is 3. The second-order valence-electron chi connectivity index (χ2n) is 4.25. The molecule has 1 aromatic carbocycles. The minimum atomic E-state index is 0.425. The molecule has 0 atom stereocenters. The van der Waals surface area contributed by atoms with Crippen molar-refractivity contribution in [1.29, 1.82) is 5.26 Å². The molecule has 0 saturated carbocycles. The lowest BCUT2D eigenvalue weighted by Crippen LogP contribution is -1.97. The van der Waals surface area contributed by atoms with Gasteiger partial charge in [-0.2, -0.15) is 5.26 Å². The maximum atomic E-state index is 8.91. The average molecular weight is 215 g/mol. The van der Waals surface area contributed by atoms with E-state index in [0.717, 1.165) is 43.1 Å². The van der Waals surface area contributed by atoms with Gasteiger partial charge in [0.05, 0.1) is 25.7 Å². The Labute approximate surface area is 94.6 Å². The highest BCUT2D eigenvalue weighted by Crippen LogP contribution is 2.43. The zero-order valence-corrected chi connectivity index (χ0v) is 9.30. The molecule has 2 aliphatic rings. The minimum Gasteiger partial charge on any atom is -0.493 e. The largest absolute Gasteiger partial charge is 0.493 e. The second kappa shape index (κ2) is 3.41. The molecule has 0 spiro atoms. The van der Waals surface area contributed by atoms with Gasteiger partial charge in [0, 0.05) is 29.5 Å². The lowest BCUT2D eigenvalue weighted by Gasteiger charge is -2.13. The number of rotatable bonds is 1. The Morgan fingerprint density at radius 3 is 2.56 bits per heavy atom. The van der Waals surface area contributed by atoms with Crippen molar-refractivity contribution in [2.75, 3.05) is 13.2 Å². The molecule has 0 N–H and O–H groups in total. The molecule has 2 aliphatic heterocycles. The second-order valence-corrected chi connectivity index (χ2v) is 4.25. The number of fused-ring (bicyclic) bond motifs is 2. The van der Waals surface area contributed by atoms with E-state index in [9.17, 15) is 0 Å². The molecule has 0 bridgehead atoms. The van der Waals surface area contributed by atoms with Gasteiger partial charge < -0.3 is 9.47 Å². The van der Waals surface area contributed by atoms with Crippen molar-refractivity contribution in [2.45, 2.75) is 26.2 Å². The summed E-state index contributed by atoms with van der Waals surface area (Å²) in [6, 6.07) is 2.23. The maximum Gasteiger partial charge on any atom is 0.127 e. The van der Waals surface area contributed by atoms with Gasteiger partial charge in [0.25, 0.3) is 0 Å². The van der Waals surface area contributed by atoms with Crippen LogP contribution in [-0.4, -0.2) is 13.2 Å². The number of ether oxygens (including phenoxy) is 2. The molecule has 0 amide bonds. The molecule has 3 nitrogen and oxygen atoms in total. The molecule has 2 heterocycles.